The molecule has 3 N–H and O–H groups in total. The number of Topliss-reactive ketones (excluding diaryl/α,β-unsaturated/α-hetero) is 1. The zero-order valence-electron chi connectivity index (χ0n) is 20.6. The van der Waals surface area contributed by atoms with Crippen molar-refractivity contribution >= 4 is 34.2 Å². The molecule has 3 aromatic carbocycles. The van der Waals surface area contributed by atoms with Gasteiger partial charge in [0.05, 0.1) is 11.3 Å². The monoisotopic (exact) mass is 494 g/mol. The molecule has 0 bridgehead atoms. The minimum atomic E-state index is -0.536. The van der Waals surface area contributed by atoms with Gasteiger partial charge in [0, 0.05) is 48.3 Å². The van der Waals surface area contributed by atoms with Crippen molar-refractivity contribution in [2.24, 2.45) is 0 Å². The maximum absolute atomic E-state index is 12.3. The highest BCUT2D eigenvalue weighted by Crippen LogP contribution is 2.21. The average Bonchev–Trinajstić information content (AvgIpc) is 3.49. The highest BCUT2D eigenvalue weighted by Gasteiger charge is 2.26. The number of hydrogen-bond donors (Lipinski definition) is 3. The summed E-state index contributed by atoms with van der Waals surface area (Å²) in [6, 6.07) is 25.1. The van der Waals surface area contributed by atoms with E-state index < -0.39 is 11.7 Å². The van der Waals surface area contributed by atoms with Crippen LogP contribution in [0.2, 0.25) is 0 Å². The first-order valence-corrected chi connectivity index (χ1v) is 12.7. The van der Waals surface area contributed by atoms with Crippen molar-refractivity contribution in [2.75, 3.05) is 25.0 Å². The summed E-state index contributed by atoms with van der Waals surface area (Å²) in [6.45, 7) is 3.16. The smallest absolute Gasteiger partial charge is 0.296 e. The van der Waals surface area contributed by atoms with Gasteiger partial charge in [-0.2, -0.15) is 0 Å². The topological polar surface area (TPSA) is 94.3 Å². The normalized spacial score (nSPS) is 15.6. The summed E-state index contributed by atoms with van der Waals surface area (Å²) in [5, 5.41) is 6.97. The first-order valence-electron chi connectivity index (χ1n) is 12.7. The number of aromatic amines is 1. The number of carbonyl (C=O) groups is 3. The van der Waals surface area contributed by atoms with E-state index in [2.05, 4.69) is 51.0 Å². The second-order valence-electron chi connectivity index (χ2n) is 9.39. The number of amides is 2. The molecule has 1 aromatic heterocycles. The second kappa shape index (κ2) is 11.2. The number of fused-ring (bicyclic) bond motifs is 2. The van der Waals surface area contributed by atoms with Crippen LogP contribution in [0.15, 0.2) is 85.1 Å². The van der Waals surface area contributed by atoms with Crippen molar-refractivity contribution in [2.45, 2.75) is 25.3 Å². The van der Waals surface area contributed by atoms with Gasteiger partial charge in [0.1, 0.15) is 0 Å². The Morgan fingerprint density at radius 2 is 1.59 bits per heavy atom. The lowest BCUT2D eigenvalue weighted by Crippen LogP contribution is -2.45. The number of likely N-dealkylation sites (tertiary alicyclic amines) is 1. The maximum Gasteiger partial charge on any atom is 0.296 e. The highest BCUT2D eigenvalue weighted by atomic mass is 16.2. The fraction of sp³-hybridized carbons (Fsp3) is 0.233. The number of hydrogen-bond acceptors (Lipinski definition) is 4. The second-order valence-corrected chi connectivity index (χ2v) is 9.39. The Labute approximate surface area is 215 Å². The lowest BCUT2D eigenvalue weighted by molar-refractivity contribution is -0.112. The number of aromatic nitrogens is 1. The molecule has 0 atom stereocenters. The van der Waals surface area contributed by atoms with Crippen molar-refractivity contribution in [3.63, 3.8) is 0 Å². The molecule has 6 rings (SSSR count). The van der Waals surface area contributed by atoms with Gasteiger partial charge in [-0.3, -0.25) is 14.4 Å². The summed E-state index contributed by atoms with van der Waals surface area (Å²) in [6.07, 6.45) is 5.24. The van der Waals surface area contributed by atoms with Gasteiger partial charge in [-0.25, -0.2) is 0 Å². The molecule has 2 aliphatic heterocycles. The molecule has 3 heterocycles. The SMILES string of the molecule is O=C(NC1CCN(CCc2c[nH]c3ccccc23)CC1)c1ccccc1.O=C1Nc2ccccc2C1=O. The van der Waals surface area contributed by atoms with E-state index in [9.17, 15) is 14.4 Å². The van der Waals surface area contributed by atoms with Crippen LogP contribution in [0.5, 0.6) is 0 Å². The predicted molar refractivity (Wildman–Crippen MR) is 145 cm³/mol. The van der Waals surface area contributed by atoms with Crippen LogP contribution in [0.1, 0.15) is 39.1 Å². The Morgan fingerprint density at radius 3 is 2.38 bits per heavy atom. The Bertz CT molecular complexity index is 1400. The maximum atomic E-state index is 12.3. The number of H-pyrrole nitrogens is 1. The average molecular weight is 495 g/mol. The number of nitrogens with one attached hydrogen (secondary N) is 3. The quantitative estimate of drug-likeness (QED) is 0.358. The van der Waals surface area contributed by atoms with E-state index in [1.165, 1.54) is 16.5 Å². The molecule has 0 spiro atoms. The third-order valence-electron chi connectivity index (χ3n) is 6.96. The number of para-hydroxylation sites is 2. The van der Waals surface area contributed by atoms with Gasteiger partial charge < -0.3 is 20.5 Å². The summed E-state index contributed by atoms with van der Waals surface area (Å²) < 4.78 is 0. The van der Waals surface area contributed by atoms with Gasteiger partial charge in [0.25, 0.3) is 17.6 Å². The number of ketones is 1. The largest absolute Gasteiger partial charge is 0.361 e. The molecule has 4 aromatic rings. The van der Waals surface area contributed by atoms with Gasteiger partial charge >= 0.3 is 0 Å². The van der Waals surface area contributed by atoms with Crippen LogP contribution in [0.4, 0.5) is 5.69 Å². The molecular weight excluding hydrogens is 464 g/mol. The standard InChI is InChI=1S/C22H25N3O.C8H5NO2/c26-22(17-6-2-1-3-7-17)24-19-11-14-25(15-12-19)13-10-18-16-23-21-9-5-4-8-20(18)21;10-7-5-3-1-2-4-6(5)9-8(7)11/h1-9,16,19,23H,10-15H2,(H,24,26);1-4H,(H,9,10,11). The molecule has 37 heavy (non-hydrogen) atoms. The molecule has 0 unspecified atom stereocenters. The summed E-state index contributed by atoms with van der Waals surface area (Å²) in [7, 11) is 0. The summed E-state index contributed by atoms with van der Waals surface area (Å²) in [5.41, 5.74) is 4.43. The third-order valence-corrected chi connectivity index (χ3v) is 6.96. The summed E-state index contributed by atoms with van der Waals surface area (Å²) in [4.78, 5) is 39.9. The minimum absolute atomic E-state index is 0.0443. The summed E-state index contributed by atoms with van der Waals surface area (Å²) in [5.74, 6) is -0.936. The van der Waals surface area contributed by atoms with Crippen molar-refractivity contribution in [3.8, 4) is 0 Å². The van der Waals surface area contributed by atoms with Crippen LogP contribution in [0, 0.1) is 0 Å². The van der Waals surface area contributed by atoms with Gasteiger partial charge in [-0.15, -0.1) is 0 Å². The van der Waals surface area contributed by atoms with Crippen LogP contribution in [-0.2, 0) is 11.2 Å². The first kappa shape index (κ1) is 24.5. The van der Waals surface area contributed by atoms with E-state index in [0.717, 1.165) is 44.5 Å². The van der Waals surface area contributed by atoms with E-state index in [4.69, 9.17) is 0 Å². The molecule has 188 valence electrons. The van der Waals surface area contributed by atoms with Crippen molar-refractivity contribution < 1.29 is 14.4 Å². The van der Waals surface area contributed by atoms with Crippen molar-refractivity contribution in [1.82, 2.24) is 15.2 Å². The van der Waals surface area contributed by atoms with Gasteiger partial charge in [0.15, 0.2) is 0 Å². The predicted octanol–water partition coefficient (Wildman–Crippen LogP) is 4.43. The lowest BCUT2D eigenvalue weighted by Gasteiger charge is -2.32. The molecule has 7 nitrogen and oxygen atoms in total. The number of anilines is 1. The molecule has 0 saturated carbocycles. The van der Waals surface area contributed by atoms with E-state index in [-0.39, 0.29) is 11.9 Å². The molecule has 1 fully saturated rings. The van der Waals surface area contributed by atoms with E-state index in [1.807, 2.05) is 30.3 Å². The van der Waals surface area contributed by atoms with Crippen molar-refractivity contribution in [1.29, 1.82) is 0 Å². The first-order chi connectivity index (χ1) is 18.1. The third kappa shape index (κ3) is 5.78. The van der Waals surface area contributed by atoms with E-state index >= 15 is 0 Å². The highest BCUT2D eigenvalue weighted by molar-refractivity contribution is 6.51. The van der Waals surface area contributed by atoms with Crippen LogP contribution in [-0.4, -0.2) is 53.2 Å². The van der Waals surface area contributed by atoms with E-state index in [0.29, 0.717) is 11.3 Å². The lowest BCUT2D eigenvalue weighted by atomic mass is 10.0. The van der Waals surface area contributed by atoms with Crippen LogP contribution >= 0.6 is 0 Å². The Kier molecular flexibility index (Phi) is 7.42. The zero-order chi connectivity index (χ0) is 25.6. The van der Waals surface area contributed by atoms with Gasteiger partial charge in [-0.1, -0.05) is 48.5 Å². The Balaban J connectivity index is 0.000000212. The number of nitrogens with zero attached hydrogens (tertiary/aromatic N) is 1. The van der Waals surface area contributed by atoms with Gasteiger partial charge in [0.2, 0.25) is 0 Å². The van der Waals surface area contributed by atoms with Gasteiger partial charge in [-0.05, 0) is 55.2 Å². The molecule has 7 heteroatoms. The molecule has 2 amide bonds. The van der Waals surface area contributed by atoms with E-state index in [1.54, 1.807) is 24.3 Å². The molecule has 0 radical (unpaired) electrons. The Morgan fingerprint density at radius 1 is 0.892 bits per heavy atom. The van der Waals surface area contributed by atoms with Crippen molar-refractivity contribution in [3.05, 3.63) is 102 Å². The fourth-order valence-electron chi connectivity index (χ4n) is 4.87. The number of rotatable bonds is 5. The number of benzene rings is 3. The minimum Gasteiger partial charge on any atom is -0.361 e. The Hall–Kier alpha value is -4.23. The number of carbonyl (C=O) groups excluding carboxylic acids is 3. The summed E-state index contributed by atoms with van der Waals surface area (Å²) >= 11 is 0. The molecule has 2 aliphatic rings. The van der Waals surface area contributed by atoms with Crippen LogP contribution in [0.25, 0.3) is 10.9 Å². The fourth-order valence-corrected chi connectivity index (χ4v) is 4.87. The van der Waals surface area contributed by atoms with Crippen LogP contribution in [0.3, 0.4) is 0 Å². The molecule has 0 aliphatic carbocycles. The molecular formula is C30H30N4O3. The van der Waals surface area contributed by atoms with Crippen LogP contribution < -0.4 is 10.6 Å². The molecule has 1 saturated heterocycles. The zero-order valence-corrected chi connectivity index (χ0v) is 20.6. The number of piperidine rings is 1.